The van der Waals surface area contributed by atoms with Gasteiger partial charge in [-0.25, -0.2) is 5.84 Å². The summed E-state index contributed by atoms with van der Waals surface area (Å²) in [6.45, 7) is 8.14. The van der Waals surface area contributed by atoms with E-state index < -0.39 is 0 Å². The van der Waals surface area contributed by atoms with Crippen molar-refractivity contribution in [2.45, 2.75) is 40.2 Å². The number of hydrazine groups is 1. The Labute approximate surface area is 154 Å². The molecular weight excluding hydrogens is 328 g/mol. The van der Waals surface area contributed by atoms with Gasteiger partial charge in [0.25, 0.3) is 0 Å². The van der Waals surface area contributed by atoms with Crippen molar-refractivity contribution in [3.63, 3.8) is 0 Å². The van der Waals surface area contributed by atoms with E-state index in [4.69, 9.17) is 21.6 Å². The van der Waals surface area contributed by atoms with Crippen molar-refractivity contribution in [1.29, 1.82) is 0 Å². The van der Waals surface area contributed by atoms with Gasteiger partial charge in [0.1, 0.15) is 0 Å². The van der Waals surface area contributed by atoms with E-state index >= 15 is 0 Å². The summed E-state index contributed by atoms with van der Waals surface area (Å²) in [6, 6.07) is 18.9. The number of aryl methyl sites for hydroxylation is 1. The lowest BCUT2D eigenvalue weighted by Crippen LogP contribution is -2.35. The predicted molar refractivity (Wildman–Crippen MR) is 111 cm³/mol. The molecule has 3 aromatic rings. The van der Waals surface area contributed by atoms with E-state index in [-0.39, 0.29) is 0 Å². The molecule has 4 N–H and O–H groups in total. The average Bonchev–Trinajstić information content (AvgIpc) is 3.15. The van der Waals surface area contributed by atoms with Crippen LogP contribution in [0.3, 0.4) is 0 Å². The molecule has 1 aliphatic heterocycles. The van der Waals surface area contributed by atoms with Gasteiger partial charge in [0, 0.05) is 27.1 Å². The molecule has 0 bridgehead atoms. The van der Waals surface area contributed by atoms with E-state index in [1.54, 1.807) is 4.68 Å². The smallest absolute Gasteiger partial charge is 0.0693 e. The highest BCUT2D eigenvalue weighted by atomic mass is 16.7. The van der Waals surface area contributed by atoms with E-state index in [1.165, 1.54) is 16.6 Å². The number of nitrogens with two attached hydrogens (primary N) is 2. The van der Waals surface area contributed by atoms with Gasteiger partial charge < -0.3 is 10.9 Å². The van der Waals surface area contributed by atoms with Crippen molar-refractivity contribution in [3.8, 4) is 0 Å². The molecule has 6 nitrogen and oxygen atoms in total. The third kappa shape index (κ3) is 4.61. The fraction of sp³-hybridized carbons (Fsp3) is 0.300. The molecule has 26 heavy (non-hydrogen) atoms. The lowest BCUT2D eigenvalue weighted by Gasteiger charge is -2.17. The normalized spacial score (nSPS) is 14.2. The number of aromatic nitrogens is 1. The first kappa shape index (κ1) is 21.2. The van der Waals surface area contributed by atoms with Crippen LogP contribution in [-0.2, 0) is 6.42 Å². The van der Waals surface area contributed by atoms with Gasteiger partial charge in [-0.2, -0.15) is 0 Å². The van der Waals surface area contributed by atoms with Crippen LogP contribution in [0.25, 0.3) is 10.9 Å². The summed E-state index contributed by atoms with van der Waals surface area (Å²) in [4.78, 5) is 14.0. The Morgan fingerprint density at radius 2 is 1.54 bits per heavy atom. The van der Waals surface area contributed by atoms with Crippen LogP contribution < -0.4 is 16.7 Å². The van der Waals surface area contributed by atoms with Crippen molar-refractivity contribution >= 4 is 16.6 Å². The van der Waals surface area contributed by atoms with Crippen LogP contribution in [-0.4, -0.2) is 10.7 Å². The first-order valence-corrected chi connectivity index (χ1v) is 8.68. The summed E-state index contributed by atoms with van der Waals surface area (Å²) in [5, 5.41) is 3.04. The second-order valence-electron chi connectivity index (χ2n) is 5.80. The van der Waals surface area contributed by atoms with Gasteiger partial charge in [0.15, 0.2) is 0 Å². The quantitative estimate of drug-likeness (QED) is 0.592. The summed E-state index contributed by atoms with van der Waals surface area (Å²) in [7, 11) is 0. The molecule has 0 spiro atoms. The fourth-order valence-electron chi connectivity index (χ4n) is 2.90. The van der Waals surface area contributed by atoms with Gasteiger partial charge >= 0.3 is 0 Å². The zero-order chi connectivity index (χ0) is 19.7. The highest BCUT2D eigenvalue weighted by Crippen LogP contribution is 2.28. The standard InChI is InChI=1S/C9H12N2.C9H10N2.C2H6.O2/c2*1-7-6-8-4-2-3-5-9(8)11(7)10;2*1-2/h2-5,7H,6,10H2,1H3;2-6H,10H2,1H3;1-2H3;. The Kier molecular flexibility index (Phi) is 8.31. The Morgan fingerprint density at radius 1 is 0.962 bits per heavy atom. The molecule has 0 saturated carbocycles. The zero-order valence-electron chi connectivity index (χ0n) is 15.8. The molecule has 0 saturated heterocycles. The molecule has 6 heteroatoms. The van der Waals surface area contributed by atoms with Gasteiger partial charge in [0.2, 0.25) is 0 Å². The van der Waals surface area contributed by atoms with E-state index in [1.807, 2.05) is 50.0 Å². The van der Waals surface area contributed by atoms with E-state index in [9.17, 15) is 0 Å². The fourth-order valence-corrected chi connectivity index (χ4v) is 2.90. The number of fused-ring (bicyclic) bond motifs is 2. The number of anilines is 1. The largest absolute Gasteiger partial charge is 0.339 e. The first-order valence-electron chi connectivity index (χ1n) is 8.68. The Bertz CT molecular complexity index is 816. The average molecular weight is 356 g/mol. The van der Waals surface area contributed by atoms with E-state index in [0.29, 0.717) is 6.04 Å². The van der Waals surface area contributed by atoms with Crippen LogP contribution in [0.4, 0.5) is 5.69 Å². The molecule has 1 aliphatic rings. The second-order valence-corrected chi connectivity index (χ2v) is 5.80. The molecule has 2 heterocycles. The topological polar surface area (TPSA) is 94.3 Å². The molecule has 4 rings (SSSR count). The van der Waals surface area contributed by atoms with Crippen LogP contribution in [0, 0.1) is 16.9 Å². The molecule has 2 aromatic carbocycles. The molecule has 0 radical (unpaired) electrons. The van der Waals surface area contributed by atoms with Crippen LogP contribution in [0.15, 0.2) is 54.6 Å². The SMILES string of the molecule is CC.CC1Cc2ccccc2N1N.Cc1cc2ccccc2n1N.O=O. The van der Waals surface area contributed by atoms with Crippen molar-refractivity contribution < 1.29 is 0 Å². The molecule has 0 amide bonds. The molecule has 1 unspecified atom stereocenters. The minimum atomic E-state index is 0.451. The summed E-state index contributed by atoms with van der Waals surface area (Å²) in [6.07, 6.45) is 1.08. The second kappa shape index (κ2) is 10.2. The maximum Gasteiger partial charge on any atom is 0.0693 e. The van der Waals surface area contributed by atoms with Crippen LogP contribution in [0.2, 0.25) is 0 Å². The highest BCUT2D eigenvalue weighted by Gasteiger charge is 2.22. The zero-order valence-corrected chi connectivity index (χ0v) is 15.8. The predicted octanol–water partition coefficient (Wildman–Crippen LogP) is 4.07. The van der Waals surface area contributed by atoms with Crippen molar-refractivity contribution in [1.82, 2.24) is 4.68 Å². The molecule has 1 atom stereocenters. The van der Waals surface area contributed by atoms with Gasteiger partial charge in [-0.3, -0.25) is 4.68 Å². The third-order valence-corrected chi connectivity index (χ3v) is 4.20. The monoisotopic (exact) mass is 356 g/mol. The number of nitrogens with zero attached hydrogens (tertiary/aromatic N) is 2. The minimum Gasteiger partial charge on any atom is -0.339 e. The van der Waals surface area contributed by atoms with Crippen LogP contribution in [0.1, 0.15) is 32.0 Å². The summed E-state index contributed by atoms with van der Waals surface area (Å²) in [5.41, 5.74) is 4.72. The molecule has 1 aromatic heterocycles. The Balaban J connectivity index is 0.000000219. The lowest BCUT2D eigenvalue weighted by atomic mass is 10.1. The van der Waals surface area contributed by atoms with Crippen molar-refractivity contribution in [3.05, 3.63) is 75.8 Å². The van der Waals surface area contributed by atoms with Gasteiger partial charge in [-0.05, 0) is 44.0 Å². The maximum atomic E-state index is 7.00. The number of hydrogen-bond acceptors (Lipinski definition) is 5. The van der Waals surface area contributed by atoms with Gasteiger partial charge in [0.05, 0.1) is 11.2 Å². The first-order chi connectivity index (χ1) is 12.6. The minimum absolute atomic E-state index is 0.451. The van der Waals surface area contributed by atoms with Crippen molar-refractivity contribution in [2.75, 3.05) is 10.9 Å². The lowest BCUT2D eigenvalue weighted by molar-refractivity contribution is 0.697. The molecule has 0 fully saturated rings. The summed E-state index contributed by atoms with van der Waals surface area (Å²) in [5.74, 6) is 11.6. The number of nitrogen functional groups attached to an aromatic ring is 1. The van der Waals surface area contributed by atoms with Gasteiger partial charge in [-0.15, -0.1) is 0 Å². The summed E-state index contributed by atoms with van der Waals surface area (Å²) < 4.78 is 1.70. The third-order valence-electron chi connectivity index (χ3n) is 4.20. The molecule has 140 valence electrons. The number of rotatable bonds is 0. The number of hydrogen-bond donors (Lipinski definition) is 2. The van der Waals surface area contributed by atoms with Crippen molar-refractivity contribution in [2.24, 2.45) is 5.84 Å². The number of benzene rings is 2. The van der Waals surface area contributed by atoms with Gasteiger partial charge in [-0.1, -0.05) is 50.2 Å². The Hall–Kier alpha value is -2.86. The van der Waals surface area contributed by atoms with E-state index in [2.05, 4.69) is 37.3 Å². The van der Waals surface area contributed by atoms with Crippen LogP contribution in [0.5, 0.6) is 0 Å². The highest BCUT2D eigenvalue weighted by molar-refractivity contribution is 5.81. The van der Waals surface area contributed by atoms with E-state index in [0.717, 1.165) is 17.6 Å². The molecular formula is C20H28N4O2. The maximum absolute atomic E-state index is 7.00. The summed E-state index contributed by atoms with van der Waals surface area (Å²) >= 11 is 0. The van der Waals surface area contributed by atoms with Crippen LogP contribution >= 0.6 is 0 Å². The number of para-hydroxylation sites is 2. The Morgan fingerprint density at radius 3 is 2.15 bits per heavy atom. The molecule has 0 aliphatic carbocycles.